The quantitative estimate of drug-likeness (QED) is 0.562. The van der Waals surface area contributed by atoms with Crippen molar-refractivity contribution in [3.63, 3.8) is 0 Å². The Morgan fingerprint density at radius 1 is 1.00 bits per heavy atom. The maximum atomic E-state index is 12.8. The molecule has 0 saturated carbocycles. The van der Waals surface area contributed by atoms with Crippen molar-refractivity contribution in [2.75, 3.05) is 37.9 Å². The van der Waals surface area contributed by atoms with Crippen molar-refractivity contribution in [3.8, 4) is 11.5 Å². The monoisotopic (exact) mass is 467 g/mol. The van der Waals surface area contributed by atoms with Crippen LogP contribution in [0.3, 0.4) is 0 Å². The molecular formula is C23H25N5O4S. The molecule has 1 saturated heterocycles. The standard InChI is InChI=1S/C23H25N5O4S/c1-31-18-10-8-16(9-11-18)24-20(29)22-27-26-21(33-22)15-5-4-12-28(14-15)23(30)25-17-6-3-7-19(13-17)32-2/h3,6-11,13,15H,4-5,12,14H2,1-2H3,(H,24,29)(H,25,30). The minimum atomic E-state index is -0.313. The smallest absolute Gasteiger partial charge is 0.321 e. The van der Waals surface area contributed by atoms with Gasteiger partial charge in [0.05, 0.1) is 14.2 Å². The van der Waals surface area contributed by atoms with Crippen molar-refractivity contribution in [1.82, 2.24) is 15.1 Å². The lowest BCUT2D eigenvalue weighted by Crippen LogP contribution is -2.41. The van der Waals surface area contributed by atoms with Crippen LogP contribution >= 0.6 is 11.3 Å². The molecule has 33 heavy (non-hydrogen) atoms. The molecule has 0 radical (unpaired) electrons. The molecular weight excluding hydrogens is 442 g/mol. The molecule has 1 fully saturated rings. The molecule has 1 aliphatic rings. The summed E-state index contributed by atoms with van der Waals surface area (Å²) in [6, 6.07) is 14.1. The molecule has 1 aliphatic heterocycles. The zero-order valence-electron chi connectivity index (χ0n) is 18.4. The third-order valence-corrected chi connectivity index (χ3v) is 6.45. The summed E-state index contributed by atoms with van der Waals surface area (Å²) in [5.41, 5.74) is 1.32. The first-order chi connectivity index (χ1) is 16.1. The van der Waals surface area contributed by atoms with Gasteiger partial charge in [-0.05, 0) is 49.2 Å². The molecule has 1 atom stereocenters. The van der Waals surface area contributed by atoms with Gasteiger partial charge in [0, 0.05) is 36.4 Å². The van der Waals surface area contributed by atoms with Crippen molar-refractivity contribution in [2.45, 2.75) is 18.8 Å². The molecule has 3 aromatic rings. The Bertz CT molecular complexity index is 1120. The predicted octanol–water partition coefficient (Wildman–Crippen LogP) is 4.22. The highest BCUT2D eigenvalue weighted by Gasteiger charge is 2.28. The molecule has 0 spiro atoms. The van der Waals surface area contributed by atoms with E-state index in [1.54, 1.807) is 49.5 Å². The number of anilines is 2. The lowest BCUT2D eigenvalue weighted by molar-refractivity contribution is 0.102. The van der Waals surface area contributed by atoms with Gasteiger partial charge in [0.1, 0.15) is 16.5 Å². The molecule has 0 bridgehead atoms. The van der Waals surface area contributed by atoms with Gasteiger partial charge in [0.25, 0.3) is 5.91 Å². The van der Waals surface area contributed by atoms with Crippen LogP contribution in [0.2, 0.25) is 0 Å². The van der Waals surface area contributed by atoms with Crippen molar-refractivity contribution >= 4 is 34.6 Å². The number of nitrogens with zero attached hydrogens (tertiary/aromatic N) is 3. The number of amides is 3. The van der Waals surface area contributed by atoms with E-state index in [-0.39, 0.29) is 17.9 Å². The molecule has 3 amide bonds. The fourth-order valence-electron chi connectivity index (χ4n) is 3.62. The normalized spacial score (nSPS) is 15.6. The second kappa shape index (κ2) is 10.3. The molecule has 1 aromatic heterocycles. The van der Waals surface area contributed by atoms with Crippen molar-refractivity contribution in [2.24, 2.45) is 0 Å². The molecule has 9 nitrogen and oxygen atoms in total. The van der Waals surface area contributed by atoms with Gasteiger partial charge in [0.15, 0.2) is 0 Å². The van der Waals surface area contributed by atoms with Crippen LogP contribution in [-0.4, -0.2) is 54.3 Å². The topological polar surface area (TPSA) is 106 Å². The van der Waals surface area contributed by atoms with E-state index in [0.29, 0.717) is 41.0 Å². The molecule has 2 heterocycles. The number of benzene rings is 2. The first kappa shape index (κ1) is 22.5. The number of urea groups is 1. The number of ether oxygens (including phenoxy) is 2. The average Bonchev–Trinajstić information content (AvgIpc) is 3.35. The highest BCUT2D eigenvalue weighted by molar-refractivity contribution is 7.13. The highest BCUT2D eigenvalue weighted by Crippen LogP contribution is 2.30. The Kier molecular flexibility index (Phi) is 7.04. The first-order valence-electron chi connectivity index (χ1n) is 10.5. The van der Waals surface area contributed by atoms with E-state index >= 15 is 0 Å². The zero-order valence-corrected chi connectivity index (χ0v) is 19.2. The molecule has 4 rings (SSSR count). The van der Waals surface area contributed by atoms with Gasteiger partial charge in [-0.3, -0.25) is 4.79 Å². The summed E-state index contributed by atoms with van der Waals surface area (Å²) in [4.78, 5) is 27.1. The highest BCUT2D eigenvalue weighted by atomic mass is 32.1. The summed E-state index contributed by atoms with van der Waals surface area (Å²) in [5, 5.41) is 15.1. The summed E-state index contributed by atoms with van der Waals surface area (Å²) in [6.07, 6.45) is 1.74. The van der Waals surface area contributed by atoms with Crippen molar-refractivity contribution in [1.29, 1.82) is 0 Å². The Labute approximate surface area is 195 Å². The number of piperidine rings is 1. The number of nitrogens with one attached hydrogen (secondary N) is 2. The third kappa shape index (κ3) is 5.58. The van der Waals surface area contributed by atoms with Gasteiger partial charge in [-0.15, -0.1) is 10.2 Å². The van der Waals surface area contributed by atoms with E-state index in [2.05, 4.69) is 20.8 Å². The number of carbonyl (C=O) groups excluding carboxylic acids is 2. The van der Waals surface area contributed by atoms with Crippen LogP contribution < -0.4 is 20.1 Å². The lowest BCUT2D eigenvalue weighted by Gasteiger charge is -2.31. The van der Waals surface area contributed by atoms with Gasteiger partial charge in [-0.1, -0.05) is 17.4 Å². The minimum Gasteiger partial charge on any atom is -0.497 e. The van der Waals surface area contributed by atoms with Crippen LogP contribution in [0.25, 0.3) is 0 Å². The largest absolute Gasteiger partial charge is 0.497 e. The molecule has 2 aromatic carbocycles. The predicted molar refractivity (Wildman–Crippen MR) is 126 cm³/mol. The number of rotatable bonds is 6. The molecule has 10 heteroatoms. The van der Waals surface area contributed by atoms with E-state index < -0.39 is 0 Å². The summed E-state index contributed by atoms with van der Waals surface area (Å²) in [6.45, 7) is 1.18. The number of aromatic nitrogens is 2. The maximum absolute atomic E-state index is 12.8. The fraction of sp³-hybridized carbons (Fsp3) is 0.304. The van der Waals surface area contributed by atoms with Crippen LogP contribution in [0.1, 0.15) is 33.6 Å². The summed E-state index contributed by atoms with van der Waals surface area (Å²) in [5.74, 6) is 1.12. The molecule has 1 unspecified atom stereocenters. The zero-order chi connectivity index (χ0) is 23.2. The van der Waals surface area contributed by atoms with Crippen LogP contribution in [0.4, 0.5) is 16.2 Å². The number of methoxy groups -OCH3 is 2. The average molecular weight is 468 g/mol. The van der Waals surface area contributed by atoms with E-state index in [4.69, 9.17) is 9.47 Å². The summed E-state index contributed by atoms with van der Waals surface area (Å²) >= 11 is 1.26. The maximum Gasteiger partial charge on any atom is 0.321 e. The van der Waals surface area contributed by atoms with Crippen LogP contribution in [0.5, 0.6) is 11.5 Å². The summed E-state index contributed by atoms with van der Waals surface area (Å²) in [7, 11) is 3.18. The van der Waals surface area contributed by atoms with Crippen molar-refractivity contribution in [3.05, 3.63) is 58.5 Å². The van der Waals surface area contributed by atoms with E-state index in [0.717, 1.165) is 17.8 Å². The Hall–Kier alpha value is -3.66. The number of carbonyl (C=O) groups is 2. The molecule has 0 aliphatic carbocycles. The van der Waals surface area contributed by atoms with Crippen LogP contribution in [0.15, 0.2) is 48.5 Å². The molecule has 172 valence electrons. The number of likely N-dealkylation sites (tertiary alicyclic amines) is 1. The fourth-order valence-corrected chi connectivity index (χ4v) is 4.48. The minimum absolute atomic E-state index is 0.0369. The van der Waals surface area contributed by atoms with Gasteiger partial charge in [-0.2, -0.15) is 0 Å². The van der Waals surface area contributed by atoms with Gasteiger partial charge < -0.3 is 25.0 Å². The Morgan fingerprint density at radius 3 is 2.55 bits per heavy atom. The van der Waals surface area contributed by atoms with E-state index in [1.165, 1.54) is 11.3 Å². The Morgan fingerprint density at radius 2 is 1.79 bits per heavy atom. The van der Waals surface area contributed by atoms with E-state index in [1.807, 2.05) is 18.2 Å². The van der Waals surface area contributed by atoms with Crippen LogP contribution in [0, 0.1) is 0 Å². The Balaban J connectivity index is 1.37. The second-order valence-electron chi connectivity index (χ2n) is 7.58. The van der Waals surface area contributed by atoms with Gasteiger partial charge in [0.2, 0.25) is 5.01 Å². The van der Waals surface area contributed by atoms with Crippen LogP contribution in [-0.2, 0) is 0 Å². The third-order valence-electron chi connectivity index (χ3n) is 5.36. The van der Waals surface area contributed by atoms with Crippen molar-refractivity contribution < 1.29 is 19.1 Å². The summed E-state index contributed by atoms with van der Waals surface area (Å²) < 4.78 is 10.3. The molecule has 2 N–H and O–H groups in total. The number of hydrogen-bond acceptors (Lipinski definition) is 7. The van der Waals surface area contributed by atoms with Gasteiger partial charge >= 0.3 is 6.03 Å². The van der Waals surface area contributed by atoms with Gasteiger partial charge in [-0.25, -0.2) is 4.79 Å². The van der Waals surface area contributed by atoms with E-state index in [9.17, 15) is 9.59 Å². The SMILES string of the molecule is COc1ccc(NC(=O)c2nnc(C3CCCN(C(=O)Nc4cccc(OC)c4)C3)s2)cc1. The lowest BCUT2D eigenvalue weighted by atomic mass is 9.99. The first-order valence-corrected chi connectivity index (χ1v) is 11.4. The second-order valence-corrected chi connectivity index (χ2v) is 8.58. The number of hydrogen-bond donors (Lipinski definition) is 2.